The average molecular weight is 417 g/mol. The highest BCUT2D eigenvalue weighted by atomic mass is 127. The van der Waals surface area contributed by atoms with Gasteiger partial charge in [-0.1, -0.05) is 23.2 Å². The van der Waals surface area contributed by atoms with Gasteiger partial charge in [0.25, 0.3) is 0 Å². The van der Waals surface area contributed by atoms with E-state index in [1.807, 2.05) is 12.1 Å². The van der Waals surface area contributed by atoms with Crippen molar-refractivity contribution in [2.24, 2.45) is 0 Å². The standard InChI is InChI=1S/C15H7Cl2IO2/c16-10-5-9-6-13(20-15(9)12(17)7-10)14(19)8-1-3-11(18)4-2-8/h1-7H. The SMILES string of the molecule is O=C(c1ccc(I)cc1)c1cc2cc(Cl)cc(Cl)c2o1. The number of fused-ring (bicyclic) bond motifs is 1. The van der Waals surface area contributed by atoms with Crippen molar-refractivity contribution in [1.82, 2.24) is 0 Å². The first-order valence-electron chi connectivity index (χ1n) is 5.73. The maximum absolute atomic E-state index is 12.4. The van der Waals surface area contributed by atoms with Gasteiger partial charge in [-0.15, -0.1) is 0 Å². The summed E-state index contributed by atoms with van der Waals surface area (Å²) in [7, 11) is 0. The van der Waals surface area contributed by atoms with Gasteiger partial charge in [0, 0.05) is 19.5 Å². The van der Waals surface area contributed by atoms with Crippen LogP contribution in [0.1, 0.15) is 16.1 Å². The number of furan rings is 1. The summed E-state index contributed by atoms with van der Waals surface area (Å²) < 4.78 is 6.63. The minimum atomic E-state index is -0.176. The molecule has 5 heteroatoms. The minimum absolute atomic E-state index is 0.176. The molecular formula is C15H7Cl2IO2. The van der Waals surface area contributed by atoms with E-state index >= 15 is 0 Å². The molecule has 0 aliphatic rings. The molecule has 2 nitrogen and oxygen atoms in total. The maximum Gasteiger partial charge on any atom is 0.228 e. The van der Waals surface area contributed by atoms with Crippen molar-refractivity contribution in [3.63, 3.8) is 0 Å². The molecule has 20 heavy (non-hydrogen) atoms. The van der Waals surface area contributed by atoms with Crippen LogP contribution in [0.3, 0.4) is 0 Å². The number of hydrogen-bond donors (Lipinski definition) is 0. The molecule has 100 valence electrons. The average Bonchev–Trinajstić information content (AvgIpc) is 2.83. The first-order valence-corrected chi connectivity index (χ1v) is 7.57. The molecule has 1 aromatic heterocycles. The van der Waals surface area contributed by atoms with Gasteiger partial charge in [-0.25, -0.2) is 0 Å². The molecule has 0 saturated carbocycles. The summed E-state index contributed by atoms with van der Waals surface area (Å²) in [4.78, 5) is 12.4. The third-order valence-electron chi connectivity index (χ3n) is 2.87. The smallest absolute Gasteiger partial charge is 0.228 e. The fraction of sp³-hybridized carbons (Fsp3) is 0. The van der Waals surface area contributed by atoms with E-state index in [1.165, 1.54) is 0 Å². The predicted molar refractivity (Wildman–Crippen MR) is 88.8 cm³/mol. The molecule has 3 rings (SSSR count). The van der Waals surface area contributed by atoms with Crippen LogP contribution in [0.25, 0.3) is 11.0 Å². The van der Waals surface area contributed by atoms with E-state index in [4.69, 9.17) is 27.6 Å². The second-order valence-electron chi connectivity index (χ2n) is 4.25. The number of hydrogen-bond acceptors (Lipinski definition) is 2. The summed E-state index contributed by atoms with van der Waals surface area (Å²) in [6.07, 6.45) is 0. The summed E-state index contributed by atoms with van der Waals surface area (Å²) >= 11 is 14.2. The summed E-state index contributed by atoms with van der Waals surface area (Å²) in [6, 6.07) is 12.3. The second-order valence-corrected chi connectivity index (χ2v) is 6.34. The zero-order valence-electron chi connectivity index (χ0n) is 9.99. The van der Waals surface area contributed by atoms with Crippen LogP contribution in [0.4, 0.5) is 0 Å². The predicted octanol–water partition coefficient (Wildman–Crippen LogP) is 5.58. The Morgan fingerprint density at radius 1 is 1.05 bits per heavy atom. The second kappa shape index (κ2) is 5.39. The molecule has 0 aliphatic carbocycles. The van der Waals surface area contributed by atoms with E-state index in [0.29, 0.717) is 21.2 Å². The van der Waals surface area contributed by atoms with Crippen LogP contribution in [0, 0.1) is 3.57 Å². The molecule has 0 atom stereocenters. The molecule has 0 fully saturated rings. The van der Waals surface area contributed by atoms with Gasteiger partial charge in [0.15, 0.2) is 11.3 Å². The van der Waals surface area contributed by atoms with Crippen LogP contribution in [-0.2, 0) is 0 Å². The third kappa shape index (κ3) is 2.57. The first kappa shape index (κ1) is 13.9. The normalized spacial score (nSPS) is 10.9. The van der Waals surface area contributed by atoms with Crippen molar-refractivity contribution in [2.45, 2.75) is 0 Å². The fourth-order valence-electron chi connectivity index (χ4n) is 1.93. The minimum Gasteiger partial charge on any atom is -0.451 e. The molecule has 0 radical (unpaired) electrons. The van der Waals surface area contributed by atoms with Crippen molar-refractivity contribution < 1.29 is 9.21 Å². The third-order valence-corrected chi connectivity index (χ3v) is 4.08. The Balaban J connectivity index is 2.08. The summed E-state index contributed by atoms with van der Waals surface area (Å²) in [5.41, 5.74) is 1.05. The summed E-state index contributed by atoms with van der Waals surface area (Å²) in [5.74, 6) is 0.0789. The van der Waals surface area contributed by atoms with Gasteiger partial charge in [0.1, 0.15) is 0 Å². The number of benzene rings is 2. The number of halogens is 3. The highest BCUT2D eigenvalue weighted by Gasteiger charge is 2.16. The van der Waals surface area contributed by atoms with E-state index in [0.717, 1.165) is 8.96 Å². The van der Waals surface area contributed by atoms with E-state index in [2.05, 4.69) is 22.6 Å². The highest BCUT2D eigenvalue weighted by molar-refractivity contribution is 14.1. The fourth-order valence-corrected chi connectivity index (χ4v) is 2.84. The van der Waals surface area contributed by atoms with Crippen molar-refractivity contribution in [2.75, 3.05) is 0 Å². The Hall–Kier alpha value is -1.04. The topological polar surface area (TPSA) is 30.2 Å². The number of carbonyl (C=O) groups is 1. The van der Waals surface area contributed by atoms with Gasteiger partial charge >= 0.3 is 0 Å². The zero-order valence-corrected chi connectivity index (χ0v) is 13.7. The van der Waals surface area contributed by atoms with Gasteiger partial charge in [0.2, 0.25) is 5.78 Å². The Morgan fingerprint density at radius 2 is 1.75 bits per heavy atom. The van der Waals surface area contributed by atoms with Crippen LogP contribution in [-0.4, -0.2) is 5.78 Å². The van der Waals surface area contributed by atoms with Gasteiger partial charge in [0.05, 0.1) is 5.02 Å². The van der Waals surface area contributed by atoms with Gasteiger partial charge in [-0.2, -0.15) is 0 Å². The van der Waals surface area contributed by atoms with E-state index in [9.17, 15) is 4.79 Å². The molecule has 3 aromatic rings. The lowest BCUT2D eigenvalue weighted by Crippen LogP contribution is -1.98. The first-order chi connectivity index (χ1) is 9.54. The van der Waals surface area contributed by atoms with Crippen LogP contribution in [0.15, 0.2) is 46.9 Å². The molecule has 0 amide bonds. The number of carbonyl (C=O) groups excluding carboxylic acids is 1. The lowest BCUT2D eigenvalue weighted by Gasteiger charge is -1.97. The van der Waals surface area contributed by atoms with Gasteiger partial charge < -0.3 is 4.42 Å². The van der Waals surface area contributed by atoms with E-state index in [-0.39, 0.29) is 11.5 Å². The van der Waals surface area contributed by atoms with E-state index in [1.54, 1.807) is 30.3 Å². The van der Waals surface area contributed by atoms with Crippen LogP contribution in [0.2, 0.25) is 10.0 Å². The Morgan fingerprint density at radius 3 is 2.45 bits per heavy atom. The molecule has 0 spiro atoms. The lowest BCUT2D eigenvalue weighted by atomic mass is 10.1. The molecule has 2 aromatic carbocycles. The Labute approximate surface area is 138 Å². The summed E-state index contributed by atoms with van der Waals surface area (Å²) in [6.45, 7) is 0. The highest BCUT2D eigenvalue weighted by Crippen LogP contribution is 2.31. The Bertz CT molecular complexity index is 807. The van der Waals surface area contributed by atoms with Crippen LogP contribution >= 0.6 is 45.8 Å². The molecular weight excluding hydrogens is 410 g/mol. The van der Waals surface area contributed by atoms with Gasteiger partial charge in [-0.3, -0.25) is 4.79 Å². The molecule has 0 N–H and O–H groups in total. The summed E-state index contributed by atoms with van der Waals surface area (Å²) in [5, 5.41) is 1.63. The quantitative estimate of drug-likeness (QED) is 0.403. The monoisotopic (exact) mass is 416 g/mol. The van der Waals surface area contributed by atoms with Crippen molar-refractivity contribution in [1.29, 1.82) is 0 Å². The molecule has 0 bridgehead atoms. The number of rotatable bonds is 2. The molecule has 0 unspecified atom stereocenters. The molecule has 1 heterocycles. The van der Waals surface area contributed by atoms with Crippen LogP contribution in [0.5, 0.6) is 0 Å². The van der Waals surface area contributed by atoms with Crippen LogP contribution < -0.4 is 0 Å². The molecule has 0 aliphatic heterocycles. The zero-order chi connectivity index (χ0) is 14.3. The van der Waals surface area contributed by atoms with Crippen molar-refractivity contribution >= 4 is 62.5 Å². The molecule has 0 saturated heterocycles. The van der Waals surface area contributed by atoms with Crippen molar-refractivity contribution in [3.05, 3.63) is 67.4 Å². The maximum atomic E-state index is 12.4. The largest absolute Gasteiger partial charge is 0.451 e. The Kier molecular flexibility index (Phi) is 3.75. The number of ketones is 1. The lowest BCUT2D eigenvalue weighted by molar-refractivity contribution is 0.101. The van der Waals surface area contributed by atoms with Gasteiger partial charge in [-0.05, 0) is 65.1 Å². The van der Waals surface area contributed by atoms with Crippen molar-refractivity contribution in [3.8, 4) is 0 Å². The van der Waals surface area contributed by atoms with E-state index < -0.39 is 0 Å².